The molecular formula is C23H25ClN4O2. The Morgan fingerprint density at radius 1 is 0.967 bits per heavy atom. The molecule has 0 radical (unpaired) electrons. The van der Waals surface area contributed by atoms with Crippen molar-refractivity contribution in [3.63, 3.8) is 0 Å². The first-order chi connectivity index (χ1) is 14.7. The second-order valence-electron chi connectivity index (χ2n) is 7.28. The lowest BCUT2D eigenvalue weighted by Crippen LogP contribution is -2.50. The van der Waals surface area contributed by atoms with Gasteiger partial charge in [-0.2, -0.15) is 0 Å². The number of halogens is 1. The lowest BCUT2D eigenvalue weighted by molar-refractivity contribution is -0.135. The fourth-order valence-corrected chi connectivity index (χ4v) is 3.70. The molecule has 1 fully saturated rings. The first kappa shape index (κ1) is 20.4. The van der Waals surface area contributed by atoms with E-state index in [-0.39, 0.29) is 12.5 Å². The van der Waals surface area contributed by atoms with Crippen molar-refractivity contribution in [1.82, 2.24) is 19.4 Å². The summed E-state index contributed by atoms with van der Waals surface area (Å²) in [5, 5.41) is 0.649. The van der Waals surface area contributed by atoms with Crippen molar-refractivity contribution in [3.8, 4) is 17.1 Å². The average Bonchev–Trinajstić information content (AvgIpc) is 3.27. The molecule has 2 aromatic carbocycles. The molecule has 4 rings (SSSR count). The number of piperazine rings is 1. The Morgan fingerprint density at radius 3 is 2.43 bits per heavy atom. The number of benzene rings is 2. The van der Waals surface area contributed by atoms with Crippen molar-refractivity contribution in [2.45, 2.75) is 6.54 Å². The Kier molecular flexibility index (Phi) is 6.67. The molecule has 0 aliphatic carbocycles. The number of rotatable bonds is 7. The van der Waals surface area contributed by atoms with Gasteiger partial charge in [0.2, 0.25) is 0 Å². The first-order valence-corrected chi connectivity index (χ1v) is 10.5. The SMILES string of the molecule is O=C(COc1ccc(Cl)cc1)N1CCN(CCn2ccnc2-c2ccccc2)CC1. The van der Waals surface area contributed by atoms with Crippen LogP contribution in [0.15, 0.2) is 67.0 Å². The minimum Gasteiger partial charge on any atom is -0.484 e. The highest BCUT2D eigenvalue weighted by atomic mass is 35.5. The highest BCUT2D eigenvalue weighted by Crippen LogP contribution is 2.17. The van der Waals surface area contributed by atoms with E-state index in [2.05, 4.69) is 26.6 Å². The van der Waals surface area contributed by atoms with E-state index in [1.54, 1.807) is 24.3 Å². The van der Waals surface area contributed by atoms with Crippen LogP contribution in [-0.4, -0.2) is 64.6 Å². The molecule has 7 heteroatoms. The summed E-state index contributed by atoms with van der Waals surface area (Å²) in [5.74, 6) is 1.66. The minimum absolute atomic E-state index is 0.0190. The van der Waals surface area contributed by atoms with Gasteiger partial charge in [0.15, 0.2) is 6.61 Å². The topological polar surface area (TPSA) is 50.6 Å². The zero-order chi connectivity index (χ0) is 20.8. The summed E-state index contributed by atoms with van der Waals surface area (Å²) in [6, 6.07) is 17.3. The Morgan fingerprint density at radius 2 is 1.70 bits per heavy atom. The zero-order valence-corrected chi connectivity index (χ0v) is 17.5. The van der Waals surface area contributed by atoms with Crippen molar-refractivity contribution >= 4 is 17.5 Å². The number of imidazole rings is 1. The van der Waals surface area contributed by atoms with E-state index in [0.717, 1.165) is 50.7 Å². The van der Waals surface area contributed by atoms with Crippen LogP contribution in [0.2, 0.25) is 5.02 Å². The number of ether oxygens (including phenoxy) is 1. The number of carbonyl (C=O) groups excluding carboxylic acids is 1. The van der Waals surface area contributed by atoms with Gasteiger partial charge in [0.05, 0.1) is 0 Å². The van der Waals surface area contributed by atoms with Crippen LogP contribution in [0.5, 0.6) is 5.75 Å². The average molecular weight is 425 g/mol. The van der Waals surface area contributed by atoms with Crippen molar-refractivity contribution in [2.75, 3.05) is 39.3 Å². The summed E-state index contributed by atoms with van der Waals surface area (Å²) in [4.78, 5) is 21.2. The molecule has 156 valence electrons. The fraction of sp³-hybridized carbons (Fsp3) is 0.304. The molecule has 1 saturated heterocycles. The second kappa shape index (κ2) is 9.78. The molecule has 0 spiro atoms. The highest BCUT2D eigenvalue weighted by molar-refractivity contribution is 6.30. The number of carbonyl (C=O) groups is 1. The van der Waals surface area contributed by atoms with Crippen LogP contribution in [0.25, 0.3) is 11.4 Å². The maximum atomic E-state index is 12.4. The summed E-state index contributed by atoms with van der Waals surface area (Å²) < 4.78 is 7.77. The molecule has 1 aliphatic rings. The molecule has 6 nitrogen and oxygen atoms in total. The summed E-state index contributed by atoms with van der Waals surface area (Å²) >= 11 is 5.87. The lowest BCUT2D eigenvalue weighted by Gasteiger charge is -2.34. The molecule has 1 aromatic heterocycles. The van der Waals surface area contributed by atoms with Gasteiger partial charge in [-0.3, -0.25) is 9.69 Å². The van der Waals surface area contributed by atoms with Gasteiger partial charge in [-0.25, -0.2) is 4.98 Å². The predicted molar refractivity (Wildman–Crippen MR) is 118 cm³/mol. The van der Waals surface area contributed by atoms with E-state index in [4.69, 9.17) is 16.3 Å². The molecule has 2 heterocycles. The van der Waals surface area contributed by atoms with E-state index in [1.165, 1.54) is 0 Å². The number of aromatic nitrogens is 2. The summed E-state index contributed by atoms with van der Waals surface area (Å²) in [6.45, 7) is 5.02. The van der Waals surface area contributed by atoms with Gasteiger partial charge in [-0.05, 0) is 24.3 Å². The standard InChI is InChI=1S/C23H25ClN4O2/c24-20-6-8-21(9-7-20)30-18-22(29)27-15-12-26(13-16-27)14-17-28-11-10-25-23(28)19-4-2-1-3-5-19/h1-11H,12-18H2. The van der Waals surface area contributed by atoms with Gasteiger partial charge < -0.3 is 14.2 Å². The van der Waals surface area contributed by atoms with E-state index in [1.807, 2.05) is 35.5 Å². The van der Waals surface area contributed by atoms with Crippen LogP contribution in [-0.2, 0) is 11.3 Å². The summed E-state index contributed by atoms with van der Waals surface area (Å²) in [5.41, 5.74) is 1.12. The van der Waals surface area contributed by atoms with E-state index in [9.17, 15) is 4.79 Å². The van der Waals surface area contributed by atoms with Gasteiger partial charge in [-0.1, -0.05) is 41.9 Å². The number of hydrogen-bond donors (Lipinski definition) is 0. The zero-order valence-electron chi connectivity index (χ0n) is 16.8. The van der Waals surface area contributed by atoms with Gasteiger partial charge >= 0.3 is 0 Å². The summed E-state index contributed by atoms with van der Waals surface area (Å²) in [6.07, 6.45) is 3.87. The largest absolute Gasteiger partial charge is 0.484 e. The van der Waals surface area contributed by atoms with Crippen LogP contribution in [0.4, 0.5) is 0 Å². The Labute approximate surface area is 181 Å². The third-order valence-electron chi connectivity index (χ3n) is 5.31. The molecule has 30 heavy (non-hydrogen) atoms. The molecule has 3 aromatic rings. The first-order valence-electron chi connectivity index (χ1n) is 10.1. The third-order valence-corrected chi connectivity index (χ3v) is 5.56. The Balaban J connectivity index is 1.22. The maximum Gasteiger partial charge on any atom is 0.260 e. The molecule has 0 bridgehead atoms. The van der Waals surface area contributed by atoms with Crippen molar-refractivity contribution in [1.29, 1.82) is 0 Å². The molecule has 1 amide bonds. The van der Waals surface area contributed by atoms with Crippen molar-refractivity contribution < 1.29 is 9.53 Å². The maximum absolute atomic E-state index is 12.4. The second-order valence-corrected chi connectivity index (χ2v) is 7.71. The minimum atomic E-state index is 0.0190. The highest BCUT2D eigenvalue weighted by Gasteiger charge is 2.21. The van der Waals surface area contributed by atoms with Crippen LogP contribution < -0.4 is 4.74 Å². The van der Waals surface area contributed by atoms with Crippen LogP contribution in [0.1, 0.15) is 0 Å². The van der Waals surface area contributed by atoms with Crippen LogP contribution >= 0.6 is 11.6 Å². The molecule has 0 N–H and O–H groups in total. The monoisotopic (exact) mass is 424 g/mol. The van der Waals surface area contributed by atoms with Gasteiger partial charge in [0.25, 0.3) is 5.91 Å². The van der Waals surface area contributed by atoms with Crippen LogP contribution in [0.3, 0.4) is 0 Å². The normalized spacial score (nSPS) is 14.6. The number of hydrogen-bond acceptors (Lipinski definition) is 4. The van der Waals surface area contributed by atoms with Gasteiger partial charge in [0, 0.05) is 62.2 Å². The number of nitrogens with zero attached hydrogens (tertiary/aromatic N) is 4. The van der Waals surface area contributed by atoms with Crippen molar-refractivity contribution in [3.05, 3.63) is 72.0 Å². The molecule has 0 unspecified atom stereocenters. The summed E-state index contributed by atoms with van der Waals surface area (Å²) in [7, 11) is 0. The van der Waals surface area contributed by atoms with Crippen molar-refractivity contribution in [2.24, 2.45) is 0 Å². The van der Waals surface area contributed by atoms with E-state index >= 15 is 0 Å². The quantitative estimate of drug-likeness (QED) is 0.583. The van der Waals surface area contributed by atoms with E-state index < -0.39 is 0 Å². The fourth-order valence-electron chi connectivity index (χ4n) is 3.57. The molecular weight excluding hydrogens is 400 g/mol. The van der Waals surface area contributed by atoms with Gasteiger partial charge in [-0.15, -0.1) is 0 Å². The number of amides is 1. The Bertz CT molecular complexity index is 951. The lowest BCUT2D eigenvalue weighted by atomic mass is 10.2. The predicted octanol–water partition coefficient (Wildman–Crippen LogP) is 3.43. The molecule has 0 atom stereocenters. The molecule has 1 aliphatic heterocycles. The van der Waals surface area contributed by atoms with E-state index in [0.29, 0.717) is 10.8 Å². The van der Waals surface area contributed by atoms with Crippen LogP contribution in [0, 0.1) is 0 Å². The third kappa shape index (κ3) is 5.20. The molecule has 0 saturated carbocycles. The van der Waals surface area contributed by atoms with Gasteiger partial charge in [0.1, 0.15) is 11.6 Å². The Hall–Kier alpha value is -2.83. The smallest absolute Gasteiger partial charge is 0.260 e.